The van der Waals surface area contributed by atoms with E-state index >= 15 is 0 Å². The molecule has 26 heavy (non-hydrogen) atoms. The largest absolute Gasteiger partial charge is 0.490 e. The summed E-state index contributed by atoms with van der Waals surface area (Å²) in [6.07, 6.45) is 7.28. The van der Waals surface area contributed by atoms with Crippen molar-refractivity contribution >= 4 is 5.71 Å². The number of aromatic nitrogens is 2. The molecule has 0 amide bonds. The molecule has 0 fully saturated rings. The molecule has 0 saturated heterocycles. The average Bonchev–Trinajstić information content (AvgIpc) is 2.62. The Balaban J connectivity index is 2.04. The number of ether oxygens (including phenoxy) is 2. The number of aryl methyl sites for hydroxylation is 2. The molecule has 2 rings (SSSR count). The lowest BCUT2D eigenvalue weighted by molar-refractivity contribution is 0.213. The minimum Gasteiger partial charge on any atom is -0.490 e. The Kier molecular flexibility index (Phi) is 7.14. The molecular formula is C20H25N3O3. The van der Waals surface area contributed by atoms with Crippen molar-refractivity contribution in [3.63, 3.8) is 0 Å². The summed E-state index contributed by atoms with van der Waals surface area (Å²) in [6.45, 7) is 8.69. The van der Waals surface area contributed by atoms with Crippen molar-refractivity contribution in [2.75, 3.05) is 13.7 Å². The van der Waals surface area contributed by atoms with Crippen molar-refractivity contribution in [2.45, 2.75) is 34.3 Å². The second kappa shape index (κ2) is 9.56. The lowest BCUT2D eigenvalue weighted by Gasteiger charge is -2.14. The molecule has 0 unspecified atom stereocenters. The van der Waals surface area contributed by atoms with Gasteiger partial charge < -0.3 is 14.3 Å². The van der Waals surface area contributed by atoms with Gasteiger partial charge in [-0.3, -0.25) is 9.97 Å². The Morgan fingerprint density at radius 3 is 2.42 bits per heavy atom. The highest BCUT2D eigenvalue weighted by Crippen LogP contribution is 2.29. The van der Waals surface area contributed by atoms with Gasteiger partial charge in [0.15, 0.2) is 0 Å². The summed E-state index contributed by atoms with van der Waals surface area (Å²) in [7, 11) is 1.50. The fourth-order valence-corrected chi connectivity index (χ4v) is 2.41. The predicted octanol–water partition coefficient (Wildman–Crippen LogP) is 4.00. The van der Waals surface area contributed by atoms with Crippen LogP contribution in [0.3, 0.4) is 0 Å². The van der Waals surface area contributed by atoms with Crippen molar-refractivity contribution in [2.24, 2.45) is 5.16 Å². The first kappa shape index (κ1) is 19.4. The predicted molar refractivity (Wildman–Crippen MR) is 102 cm³/mol. The van der Waals surface area contributed by atoms with Gasteiger partial charge in [0.1, 0.15) is 43.2 Å². The Morgan fingerprint density at radius 2 is 1.85 bits per heavy atom. The quantitative estimate of drug-likeness (QED) is 0.407. The van der Waals surface area contributed by atoms with Crippen LogP contribution in [0.25, 0.3) is 0 Å². The van der Waals surface area contributed by atoms with E-state index < -0.39 is 0 Å². The van der Waals surface area contributed by atoms with Gasteiger partial charge in [-0.15, -0.1) is 0 Å². The first-order chi connectivity index (χ1) is 12.5. The van der Waals surface area contributed by atoms with E-state index in [4.69, 9.17) is 14.3 Å². The number of hydrogen-bond acceptors (Lipinski definition) is 6. The molecule has 0 saturated carbocycles. The summed E-state index contributed by atoms with van der Waals surface area (Å²) in [5.41, 5.74) is 4.13. The van der Waals surface area contributed by atoms with Crippen molar-refractivity contribution in [3.05, 3.63) is 59.2 Å². The van der Waals surface area contributed by atoms with Crippen LogP contribution in [0.5, 0.6) is 11.5 Å². The van der Waals surface area contributed by atoms with Gasteiger partial charge in [-0.1, -0.05) is 17.3 Å². The maximum Gasteiger partial charge on any atom is 0.132 e. The molecular weight excluding hydrogens is 330 g/mol. The molecule has 0 N–H and O–H groups in total. The number of allylic oxidation sites excluding steroid dienone is 1. The van der Waals surface area contributed by atoms with E-state index in [-0.39, 0.29) is 0 Å². The highest BCUT2D eigenvalue weighted by Gasteiger charge is 2.09. The van der Waals surface area contributed by atoms with Crippen LogP contribution in [0.2, 0.25) is 0 Å². The van der Waals surface area contributed by atoms with E-state index in [1.54, 1.807) is 12.4 Å². The van der Waals surface area contributed by atoms with Crippen molar-refractivity contribution < 1.29 is 14.3 Å². The minimum atomic E-state index is 0.341. The monoisotopic (exact) mass is 355 g/mol. The van der Waals surface area contributed by atoms with Gasteiger partial charge in [-0.2, -0.15) is 0 Å². The Morgan fingerprint density at radius 1 is 1.12 bits per heavy atom. The molecule has 138 valence electrons. The van der Waals surface area contributed by atoms with E-state index in [1.165, 1.54) is 7.11 Å². The molecule has 0 radical (unpaired) electrons. The zero-order valence-electron chi connectivity index (χ0n) is 15.9. The molecule has 1 heterocycles. The van der Waals surface area contributed by atoms with E-state index in [1.807, 2.05) is 52.0 Å². The standard InChI is InChI=1S/C20H25N3O3/c1-6-7-8-25-18-9-14(2)20(15(3)10-18)26-13-17-11-22-19(12-21-17)16(4)23-24-5/h6-7,9-12H,8,13H2,1-5H3/b7-6+,23-16?. The van der Waals surface area contributed by atoms with Gasteiger partial charge in [0.05, 0.1) is 18.1 Å². The maximum absolute atomic E-state index is 5.96. The summed E-state index contributed by atoms with van der Waals surface area (Å²) in [5, 5.41) is 3.84. The second-order valence-corrected chi connectivity index (χ2v) is 5.81. The first-order valence-electron chi connectivity index (χ1n) is 8.42. The molecule has 0 aliphatic rings. The molecule has 0 atom stereocenters. The fourth-order valence-electron chi connectivity index (χ4n) is 2.41. The Hall–Kier alpha value is -2.89. The Labute approximate surface area is 154 Å². The first-order valence-corrected chi connectivity index (χ1v) is 8.42. The summed E-state index contributed by atoms with van der Waals surface area (Å²) >= 11 is 0. The van der Waals surface area contributed by atoms with Crippen molar-refractivity contribution in [1.29, 1.82) is 0 Å². The third-order valence-electron chi connectivity index (χ3n) is 3.68. The smallest absolute Gasteiger partial charge is 0.132 e. The van der Waals surface area contributed by atoms with Gasteiger partial charge in [-0.05, 0) is 51.0 Å². The molecule has 0 bridgehead atoms. The highest BCUT2D eigenvalue weighted by molar-refractivity contribution is 5.96. The highest BCUT2D eigenvalue weighted by atomic mass is 16.6. The second-order valence-electron chi connectivity index (χ2n) is 5.81. The average molecular weight is 355 g/mol. The summed E-state index contributed by atoms with van der Waals surface area (Å²) in [5.74, 6) is 1.67. The molecule has 2 aromatic rings. The van der Waals surface area contributed by atoms with Gasteiger partial charge in [-0.25, -0.2) is 0 Å². The van der Waals surface area contributed by atoms with Crippen LogP contribution in [-0.2, 0) is 11.4 Å². The number of rotatable bonds is 8. The van der Waals surface area contributed by atoms with Crippen LogP contribution in [0.15, 0.2) is 41.8 Å². The van der Waals surface area contributed by atoms with Gasteiger partial charge >= 0.3 is 0 Å². The van der Waals surface area contributed by atoms with E-state index in [9.17, 15) is 0 Å². The fraction of sp³-hybridized carbons (Fsp3) is 0.350. The summed E-state index contributed by atoms with van der Waals surface area (Å²) < 4.78 is 11.7. The molecule has 1 aromatic carbocycles. The zero-order chi connectivity index (χ0) is 18.9. The Bertz CT molecular complexity index is 760. The summed E-state index contributed by atoms with van der Waals surface area (Å²) in [4.78, 5) is 13.4. The van der Waals surface area contributed by atoms with Crippen molar-refractivity contribution in [3.8, 4) is 11.5 Å². The number of oxime groups is 1. The van der Waals surface area contributed by atoms with Crippen LogP contribution >= 0.6 is 0 Å². The SMILES string of the molecule is C/C=C/COc1cc(C)c(OCc2cnc(C(C)=NOC)cn2)c(C)c1. The zero-order valence-corrected chi connectivity index (χ0v) is 15.9. The van der Waals surface area contributed by atoms with E-state index in [0.29, 0.717) is 24.6 Å². The van der Waals surface area contributed by atoms with E-state index in [0.717, 1.165) is 28.3 Å². The number of hydrogen-bond donors (Lipinski definition) is 0. The summed E-state index contributed by atoms with van der Waals surface area (Å²) in [6, 6.07) is 3.95. The molecule has 0 spiro atoms. The van der Waals surface area contributed by atoms with Gasteiger partial charge in [0, 0.05) is 0 Å². The van der Waals surface area contributed by atoms with Crippen molar-refractivity contribution in [1.82, 2.24) is 9.97 Å². The minimum absolute atomic E-state index is 0.341. The third-order valence-corrected chi connectivity index (χ3v) is 3.68. The molecule has 0 aliphatic carbocycles. The third kappa shape index (κ3) is 5.31. The van der Waals surface area contributed by atoms with Crippen LogP contribution in [0, 0.1) is 13.8 Å². The van der Waals surface area contributed by atoms with E-state index in [2.05, 4.69) is 15.1 Å². The lowest BCUT2D eigenvalue weighted by Crippen LogP contribution is -2.05. The van der Waals surface area contributed by atoms with Crippen LogP contribution in [0.1, 0.15) is 36.4 Å². The molecule has 0 aliphatic heterocycles. The topological polar surface area (TPSA) is 65.8 Å². The maximum atomic E-state index is 5.96. The molecule has 6 heteroatoms. The van der Waals surface area contributed by atoms with Crippen LogP contribution < -0.4 is 9.47 Å². The normalized spacial score (nSPS) is 11.7. The van der Waals surface area contributed by atoms with Gasteiger partial charge in [0.2, 0.25) is 0 Å². The molecule has 1 aromatic heterocycles. The number of benzene rings is 1. The van der Waals surface area contributed by atoms with Gasteiger partial charge in [0.25, 0.3) is 0 Å². The van der Waals surface area contributed by atoms with Crippen LogP contribution in [0.4, 0.5) is 0 Å². The lowest BCUT2D eigenvalue weighted by atomic mass is 10.1. The van der Waals surface area contributed by atoms with Crippen LogP contribution in [-0.4, -0.2) is 29.4 Å². The molecule has 6 nitrogen and oxygen atoms in total. The number of nitrogens with zero attached hydrogens (tertiary/aromatic N) is 3.